The van der Waals surface area contributed by atoms with Gasteiger partial charge >= 0.3 is 0 Å². The van der Waals surface area contributed by atoms with Crippen LogP contribution >= 0.6 is 0 Å². The number of benzene rings is 2. The summed E-state index contributed by atoms with van der Waals surface area (Å²) in [6.07, 6.45) is 3.47. The van der Waals surface area contributed by atoms with Gasteiger partial charge in [0.05, 0.1) is 24.3 Å². The zero-order valence-electron chi connectivity index (χ0n) is 17.3. The highest BCUT2D eigenvalue weighted by molar-refractivity contribution is 6.46. The van der Waals surface area contributed by atoms with Crippen LogP contribution in [0, 0.1) is 0 Å². The molecular weight excluding hydrogens is 394 g/mol. The van der Waals surface area contributed by atoms with Crippen molar-refractivity contribution in [1.82, 2.24) is 4.90 Å². The van der Waals surface area contributed by atoms with Crippen LogP contribution in [0.1, 0.15) is 42.0 Å². The Morgan fingerprint density at radius 3 is 2.68 bits per heavy atom. The standard InChI is InChI=1S/C25H25NO5/c27-23(18-10-11-20-17(14-18)8-4-13-31-20)21-22(16-6-2-1-3-7-16)26(25(29)24(21)28)15-19-9-5-12-30-19/h1-3,6-7,10-11,14,19,22,27H,4-5,8-9,12-13,15H2/b23-21-. The van der Waals surface area contributed by atoms with Gasteiger partial charge in [0.25, 0.3) is 11.7 Å². The molecular formula is C25H25NO5. The zero-order valence-corrected chi connectivity index (χ0v) is 17.3. The third-order valence-corrected chi connectivity index (χ3v) is 6.26. The Hall–Kier alpha value is -3.12. The Morgan fingerprint density at radius 1 is 1.06 bits per heavy atom. The largest absolute Gasteiger partial charge is 0.507 e. The number of carbonyl (C=O) groups is 2. The minimum Gasteiger partial charge on any atom is -0.507 e. The molecule has 3 aliphatic heterocycles. The third kappa shape index (κ3) is 3.61. The summed E-state index contributed by atoms with van der Waals surface area (Å²) in [6, 6.07) is 14.2. The number of aliphatic hydroxyl groups excluding tert-OH is 1. The molecule has 31 heavy (non-hydrogen) atoms. The smallest absolute Gasteiger partial charge is 0.295 e. The molecule has 0 aromatic heterocycles. The molecule has 0 bridgehead atoms. The molecule has 2 atom stereocenters. The van der Waals surface area contributed by atoms with Gasteiger partial charge in [0, 0.05) is 18.7 Å². The lowest BCUT2D eigenvalue weighted by Gasteiger charge is -2.27. The SMILES string of the molecule is O=C1C(=O)N(CC2CCCO2)C(c2ccccc2)/C1=C(/O)c1ccc2c(c1)CCCO2. The highest BCUT2D eigenvalue weighted by Gasteiger charge is 2.47. The van der Waals surface area contributed by atoms with Gasteiger partial charge in [-0.05, 0) is 55.0 Å². The normalized spacial score (nSPS) is 24.8. The summed E-state index contributed by atoms with van der Waals surface area (Å²) >= 11 is 0. The molecule has 5 rings (SSSR count). The van der Waals surface area contributed by atoms with Crippen LogP contribution < -0.4 is 4.74 Å². The Kier molecular flexibility index (Phi) is 5.24. The predicted octanol–water partition coefficient (Wildman–Crippen LogP) is 3.61. The summed E-state index contributed by atoms with van der Waals surface area (Å²) in [7, 11) is 0. The molecule has 6 heteroatoms. The van der Waals surface area contributed by atoms with E-state index in [4.69, 9.17) is 9.47 Å². The molecule has 1 amide bonds. The van der Waals surface area contributed by atoms with E-state index in [2.05, 4.69) is 0 Å². The second kappa shape index (κ2) is 8.19. The number of fused-ring (bicyclic) bond motifs is 1. The lowest BCUT2D eigenvalue weighted by Crippen LogP contribution is -2.36. The van der Waals surface area contributed by atoms with Crippen molar-refractivity contribution < 1.29 is 24.2 Å². The number of aliphatic hydroxyl groups is 1. The maximum absolute atomic E-state index is 13.1. The first-order chi connectivity index (χ1) is 15.1. The summed E-state index contributed by atoms with van der Waals surface area (Å²) in [5.41, 5.74) is 2.45. The minimum atomic E-state index is -0.654. The van der Waals surface area contributed by atoms with Crippen molar-refractivity contribution >= 4 is 17.4 Å². The first kappa shape index (κ1) is 19.8. The van der Waals surface area contributed by atoms with Gasteiger partial charge in [-0.25, -0.2) is 0 Å². The zero-order chi connectivity index (χ0) is 21.4. The molecule has 6 nitrogen and oxygen atoms in total. The number of nitrogens with zero attached hydrogens (tertiary/aromatic N) is 1. The molecule has 3 heterocycles. The highest BCUT2D eigenvalue weighted by atomic mass is 16.5. The number of aryl methyl sites for hydroxylation is 1. The van der Waals surface area contributed by atoms with Gasteiger partial charge in [0.1, 0.15) is 11.5 Å². The fraction of sp³-hybridized carbons (Fsp3) is 0.360. The second-order valence-electron chi connectivity index (χ2n) is 8.27. The fourth-order valence-corrected chi connectivity index (χ4v) is 4.72. The van der Waals surface area contributed by atoms with Crippen LogP contribution in [0.15, 0.2) is 54.1 Å². The Labute approximate surface area is 181 Å². The molecule has 2 saturated heterocycles. The second-order valence-corrected chi connectivity index (χ2v) is 8.27. The Bertz CT molecular complexity index is 1040. The molecule has 160 valence electrons. The highest BCUT2D eigenvalue weighted by Crippen LogP contribution is 2.40. The molecule has 1 N–H and O–H groups in total. The molecule has 3 aliphatic rings. The first-order valence-corrected chi connectivity index (χ1v) is 10.8. The van der Waals surface area contributed by atoms with Crippen LogP contribution in [0.3, 0.4) is 0 Å². The number of likely N-dealkylation sites (tertiary alicyclic amines) is 1. The minimum absolute atomic E-state index is 0.0923. The lowest BCUT2D eigenvalue weighted by atomic mass is 9.94. The average Bonchev–Trinajstić information content (AvgIpc) is 3.41. The van der Waals surface area contributed by atoms with Crippen LogP contribution in [0.25, 0.3) is 5.76 Å². The van der Waals surface area contributed by atoms with Gasteiger partial charge in [0.15, 0.2) is 0 Å². The van der Waals surface area contributed by atoms with Crippen molar-refractivity contribution in [3.8, 4) is 5.75 Å². The van der Waals surface area contributed by atoms with Crippen molar-refractivity contribution in [3.63, 3.8) is 0 Å². The van der Waals surface area contributed by atoms with Crippen molar-refractivity contribution in [3.05, 3.63) is 70.8 Å². The van der Waals surface area contributed by atoms with Crippen molar-refractivity contribution in [2.75, 3.05) is 19.8 Å². The van der Waals surface area contributed by atoms with E-state index in [1.165, 1.54) is 0 Å². The van der Waals surface area contributed by atoms with E-state index >= 15 is 0 Å². The first-order valence-electron chi connectivity index (χ1n) is 10.8. The molecule has 0 spiro atoms. The summed E-state index contributed by atoms with van der Waals surface area (Å²) in [6.45, 7) is 1.68. The molecule has 2 aromatic rings. The van der Waals surface area contributed by atoms with Gasteiger partial charge in [-0.2, -0.15) is 0 Å². The topological polar surface area (TPSA) is 76.1 Å². The van der Waals surface area contributed by atoms with Gasteiger partial charge in [-0.15, -0.1) is 0 Å². The fourth-order valence-electron chi connectivity index (χ4n) is 4.72. The molecule has 2 aromatic carbocycles. The summed E-state index contributed by atoms with van der Waals surface area (Å²) < 4.78 is 11.4. The van der Waals surface area contributed by atoms with E-state index in [1.54, 1.807) is 11.0 Å². The maximum atomic E-state index is 13.1. The van der Waals surface area contributed by atoms with Gasteiger partial charge < -0.3 is 19.5 Å². The molecule has 2 unspecified atom stereocenters. The molecule has 0 radical (unpaired) electrons. The van der Waals surface area contributed by atoms with E-state index in [0.717, 1.165) is 42.6 Å². The summed E-state index contributed by atoms with van der Waals surface area (Å²) in [5.74, 6) is -0.581. The molecule has 2 fully saturated rings. The van der Waals surface area contributed by atoms with Gasteiger partial charge in [-0.3, -0.25) is 9.59 Å². The number of hydrogen-bond donors (Lipinski definition) is 1. The quantitative estimate of drug-likeness (QED) is 0.465. The molecule has 0 aliphatic carbocycles. The van der Waals surface area contributed by atoms with Crippen molar-refractivity contribution in [1.29, 1.82) is 0 Å². The van der Waals surface area contributed by atoms with Crippen LogP contribution in [-0.2, 0) is 20.7 Å². The predicted molar refractivity (Wildman–Crippen MR) is 115 cm³/mol. The molecule has 0 saturated carbocycles. The maximum Gasteiger partial charge on any atom is 0.295 e. The Balaban J connectivity index is 1.59. The van der Waals surface area contributed by atoms with Crippen LogP contribution in [0.2, 0.25) is 0 Å². The van der Waals surface area contributed by atoms with E-state index in [1.807, 2.05) is 42.5 Å². The summed E-state index contributed by atoms with van der Waals surface area (Å²) in [4.78, 5) is 27.7. The van der Waals surface area contributed by atoms with E-state index in [9.17, 15) is 14.7 Å². The van der Waals surface area contributed by atoms with E-state index in [0.29, 0.717) is 25.3 Å². The average molecular weight is 419 g/mol. The monoisotopic (exact) mass is 419 g/mol. The number of rotatable bonds is 4. The number of Topliss-reactive ketones (excluding diaryl/α,β-unsaturated/α-hetero) is 1. The number of carbonyl (C=O) groups excluding carboxylic acids is 2. The van der Waals surface area contributed by atoms with Crippen LogP contribution in [0.5, 0.6) is 5.75 Å². The number of hydrogen-bond acceptors (Lipinski definition) is 5. The Morgan fingerprint density at radius 2 is 1.90 bits per heavy atom. The van der Waals surface area contributed by atoms with Gasteiger partial charge in [0.2, 0.25) is 0 Å². The van der Waals surface area contributed by atoms with Crippen LogP contribution in [0.4, 0.5) is 0 Å². The van der Waals surface area contributed by atoms with E-state index < -0.39 is 17.7 Å². The number of ketones is 1. The summed E-state index contributed by atoms with van der Waals surface area (Å²) in [5, 5.41) is 11.2. The van der Waals surface area contributed by atoms with Crippen molar-refractivity contribution in [2.45, 2.75) is 37.8 Å². The lowest BCUT2D eigenvalue weighted by molar-refractivity contribution is -0.140. The third-order valence-electron chi connectivity index (χ3n) is 6.26. The number of ether oxygens (including phenoxy) is 2. The van der Waals surface area contributed by atoms with Crippen molar-refractivity contribution in [2.24, 2.45) is 0 Å². The van der Waals surface area contributed by atoms with E-state index in [-0.39, 0.29) is 17.4 Å². The van der Waals surface area contributed by atoms with Gasteiger partial charge in [-0.1, -0.05) is 30.3 Å². The number of amides is 1. The van der Waals surface area contributed by atoms with Crippen LogP contribution in [-0.4, -0.2) is 47.6 Å².